The van der Waals surface area contributed by atoms with Crippen LogP contribution in [-0.2, 0) is 9.53 Å². The maximum atomic E-state index is 12.6. The molecule has 2 aromatic carbocycles. The van der Waals surface area contributed by atoms with E-state index in [1.807, 2.05) is 48.2 Å². The molecule has 1 amide bonds. The minimum Gasteiger partial charge on any atom is -0.491 e. The van der Waals surface area contributed by atoms with E-state index in [-0.39, 0.29) is 17.9 Å². The second-order valence-corrected chi connectivity index (χ2v) is 7.72. The first-order valence-electron chi connectivity index (χ1n) is 8.76. The molecule has 26 heavy (non-hydrogen) atoms. The number of carbonyl (C=O) groups excluding carboxylic acids is 1. The van der Waals surface area contributed by atoms with E-state index in [0.717, 1.165) is 35.1 Å². The van der Waals surface area contributed by atoms with Crippen molar-refractivity contribution >= 4 is 29.1 Å². The van der Waals surface area contributed by atoms with Crippen LogP contribution in [0.5, 0.6) is 5.75 Å². The topological polar surface area (TPSA) is 54.4 Å². The number of benzene rings is 2. The minimum atomic E-state index is 0.0405. The standard InChI is InChI=1S/C20H18N2O3S/c23-19-9-13-12-26-18-4-2-1-3-17(18)20(13)21-22(19)14-5-7-15(8-6-14)24-10-16-11-25-16/h1-8,13,16H,9-12H2. The summed E-state index contributed by atoms with van der Waals surface area (Å²) in [4.78, 5) is 13.9. The van der Waals surface area contributed by atoms with Crippen molar-refractivity contribution in [2.45, 2.75) is 17.4 Å². The van der Waals surface area contributed by atoms with Gasteiger partial charge in [0.2, 0.25) is 5.91 Å². The van der Waals surface area contributed by atoms with Crippen molar-refractivity contribution in [2.75, 3.05) is 24.0 Å². The number of hydrogen-bond donors (Lipinski definition) is 0. The Morgan fingerprint density at radius 3 is 2.81 bits per heavy atom. The van der Waals surface area contributed by atoms with Crippen LogP contribution < -0.4 is 9.75 Å². The van der Waals surface area contributed by atoms with Crippen LogP contribution in [0.1, 0.15) is 12.0 Å². The van der Waals surface area contributed by atoms with Gasteiger partial charge in [-0.25, -0.2) is 5.01 Å². The van der Waals surface area contributed by atoms with E-state index in [9.17, 15) is 4.79 Å². The van der Waals surface area contributed by atoms with Crippen LogP contribution in [0.2, 0.25) is 0 Å². The molecule has 1 fully saturated rings. The molecule has 0 aromatic heterocycles. The highest BCUT2D eigenvalue weighted by Gasteiger charge is 2.34. The Kier molecular flexibility index (Phi) is 3.94. The van der Waals surface area contributed by atoms with E-state index in [2.05, 4.69) is 12.1 Å². The molecule has 5 rings (SSSR count). The van der Waals surface area contributed by atoms with Crippen molar-refractivity contribution in [2.24, 2.45) is 11.0 Å². The lowest BCUT2D eigenvalue weighted by molar-refractivity contribution is -0.119. The van der Waals surface area contributed by atoms with Crippen LogP contribution in [0.3, 0.4) is 0 Å². The summed E-state index contributed by atoms with van der Waals surface area (Å²) < 4.78 is 10.8. The van der Waals surface area contributed by atoms with Crippen molar-refractivity contribution in [1.82, 2.24) is 0 Å². The van der Waals surface area contributed by atoms with E-state index >= 15 is 0 Å². The van der Waals surface area contributed by atoms with E-state index < -0.39 is 0 Å². The maximum Gasteiger partial charge on any atom is 0.248 e. The van der Waals surface area contributed by atoms with Crippen molar-refractivity contribution < 1.29 is 14.3 Å². The van der Waals surface area contributed by atoms with Crippen LogP contribution in [0.25, 0.3) is 0 Å². The SMILES string of the molecule is O=C1CC2CSc3ccccc3C2=NN1c1ccc(OCC2CO2)cc1. The lowest BCUT2D eigenvalue weighted by atomic mass is 9.93. The Hall–Kier alpha value is -2.31. The fourth-order valence-corrected chi connectivity index (χ4v) is 4.44. The summed E-state index contributed by atoms with van der Waals surface area (Å²) in [5.74, 6) is 1.92. The van der Waals surface area contributed by atoms with Crippen LogP contribution in [0.4, 0.5) is 5.69 Å². The number of thioether (sulfide) groups is 1. The second kappa shape index (κ2) is 6.45. The molecule has 0 radical (unpaired) electrons. The van der Waals surface area contributed by atoms with Crippen LogP contribution in [-0.4, -0.2) is 36.7 Å². The molecule has 2 unspecified atom stereocenters. The first-order chi connectivity index (χ1) is 12.8. The molecule has 3 aliphatic heterocycles. The zero-order valence-electron chi connectivity index (χ0n) is 14.1. The Morgan fingerprint density at radius 1 is 1.19 bits per heavy atom. The molecule has 0 bridgehead atoms. The number of carbonyl (C=O) groups is 1. The Bertz CT molecular complexity index is 877. The summed E-state index contributed by atoms with van der Waals surface area (Å²) in [5, 5.41) is 6.27. The van der Waals surface area contributed by atoms with E-state index in [1.165, 1.54) is 9.90 Å². The fourth-order valence-electron chi connectivity index (χ4n) is 3.28. The number of hydrazone groups is 1. The number of anilines is 1. The smallest absolute Gasteiger partial charge is 0.248 e. The number of amides is 1. The van der Waals surface area contributed by atoms with Crippen LogP contribution >= 0.6 is 11.8 Å². The zero-order valence-corrected chi connectivity index (χ0v) is 14.9. The molecule has 0 spiro atoms. The predicted molar refractivity (Wildman–Crippen MR) is 101 cm³/mol. The van der Waals surface area contributed by atoms with Gasteiger partial charge in [-0.1, -0.05) is 18.2 Å². The summed E-state index contributed by atoms with van der Waals surface area (Å²) in [6, 6.07) is 15.8. The average molecular weight is 366 g/mol. The molecule has 1 saturated heterocycles. The molecule has 0 saturated carbocycles. The third kappa shape index (κ3) is 2.99. The number of epoxide rings is 1. The summed E-state index contributed by atoms with van der Waals surface area (Å²) in [7, 11) is 0. The van der Waals surface area contributed by atoms with Gasteiger partial charge in [-0.15, -0.1) is 11.8 Å². The zero-order chi connectivity index (χ0) is 17.5. The number of hydrogen-bond acceptors (Lipinski definition) is 5. The number of fused-ring (bicyclic) bond motifs is 3. The minimum absolute atomic E-state index is 0.0405. The lowest BCUT2D eigenvalue weighted by Gasteiger charge is -2.33. The van der Waals surface area contributed by atoms with E-state index in [0.29, 0.717) is 13.0 Å². The molecule has 132 valence electrons. The summed E-state index contributed by atoms with van der Waals surface area (Å²) in [6.07, 6.45) is 0.725. The first kappa shape index (κ1) is 15.9. The number of ether oxygens (including phenoxy) is 2. The van der Waals surface area contributed by atoms with Gasteiger partial charge < -0.3 is 9.47 Å². The van der Waals surface area contributed by atoms with Gasteiger partial charge in [-0.05, 0) is 30.3 Å². The van der Waals surface area contributed by atoms with Gasteiger partial charge in [0, 0.05) is 28.6 Å². The molecular weight excluding hydrogens is 348 g/mol. The lowest BCUT2D eigenvalue weighted by Crippen LogP contribution is -2.39. The quantitative estimate of drug-likeness (QED) is 0.779. The highest BCUT2D eigenvalue weighted by Crippen LogP contribution is 2.37. The maximum absolute atomic E-state index is 12.6. The van der Waals surface area contributed by atoms with Crippen molar-refractivity contribution in [3.8, 4) is 5.75 Å². The molecule has 2 aromatic rings. The number of rotatable bonds is 4. The molecule has 2 atom stereocenters. The van der Waals surface area contributed by atoms with Crippen LogP contribution in [0, 0.1) is 5.92 Å². The van der Waals surface area contributed by atoms with Gasteiger partial charge in [0.1, 0.15) is 18.5 Å². The molecule has 3 heterocycles. The molecule has 3 aliphatic rings. The summed E-state index contributed by atoms with van der Waals surface area (Å²) in [6.45, 7) is 1.35. The molecule has 5 nitrogen and oxygen atoms in total. The highest BCUT2D eigenvalue weighted by atomic mass is 32.2. The average Bonchev–Trinajstić information content (AvgIpc) is 3.51. The highest BCUT2D eigenvalue weighted by molar-refractivity contribution is 7.99. The van der Waals surface area contributed by atoms with Crippen molar-refractivity contribution in [3.05, 3.63) is 54.1 Å². The third-order valence-corrected chi connectivity index (χ3v) is 6.01. The Morgan fingerprint density at radius 2 is 2.00 bits per heavy atom. The Labute approximate surface area is 156 Å². The van der Waals surface area contributed by atoms with Crippen LogP contribution in [0.15, 0.2) is 58.5 Å². The van der Waals surface area contributed by atoms with E-state index in [4.69, 9.17) is 14.6 Å². The normalized spacial score (nSPS) is 23.8. The predicted octanol–water partition coefficient (Wildman–Crippen LogP) is 3.33. The summed E-state index contributed by atoms with van der Waals surface area (Å²) >= 11 is 1.81. The van der Waals surface area contributed by atoms with Gasteiger partial charge in [0.05, 0.1) is 18.0 Å². The molecular formula is C20H18N2O3S. The second-order valence-electron chi connectivity index (χ2n) is 6.66. The van der Waals surface area contributed by atoms with E-state index in [1.54, 1.807) is 0 Å². The monoisotopic (exact) mass is 366 g/mol. The van der Waals surface area contributed by atoms with Gasteiger partial charge in [0.15, 0.2) is 0 Å². The Balaban J connectivity index is 1.42. The number of nitrogens with zero attached hydrogens (tertiary/aromatic N) is 2. The molecule has 0 N–H and O–H groups in total. The van der Waals surface area contributed by atoms with Gasteiger partial charge in [-0.2, -0.15) is 5.10 Å². The molecule has 6 heteroatoms. The fraction of sp³-hybridized carbons (Fsp3) is 0.300. The van der Waals surface area contributed by atoms with Crippen molar-refractivity contribution in [3.63, 3.8) is 0 Å². The largest absolute Gasteiger partial charge is 0.491 e. The third-order valence-electron chi connectivity index (χ3n) is 4.77. The van der Waals surface area contributed by atoms with Crippen molar-refractivity contribution in [1.29, 1.82) is 0 Å². The summed E-state index contributed by atoms with van der Waals surface area (Å²) in [5.41, 5.74) is 2.94. The first-order valence-corrected chi connectivity index (χ1v) is 9.74. The van der Waals surface area contributed by atoms with Gasteiger partial charge in [0.25, 0.3) is 0 Å². The van der Waals surface area contributed by atoms with Gasteiger partial charge in [-0.3, -0.25) is 4.79 Å². The molecule has 0 aliphatic carbocycles. The van der Waals surface area contributed by atoms with Gasteiger partial charge >= 0.3 is 0 Å².